The van der Waals surface area contributed by atoms with E-state index in [-0.39, 0.29) is 5.02 Å². The van der Waals surface area contributed by atoms with Crippen LogP contribution >= 0.6 is 11.6 Å². The normalized spacial score (nSPS) is 10.8. The van der Waals surface area contributed by atoms with Crippen molar-refractivity contribution in [1.29, 1.82) is 0 Å². The van der Waals surface area contributed by atoms with Gasteiger partial charge in [0.2, 0.25) is 0 Å². The molecule has 2 rings (SSSR count). The molecule has 0 spiro atoms. The van der Waals surface area contributed by atoms with E-state index in [9.17, 15) is 4.39 Å². The van der Waals surface area contributed by atoms with E-state index in [1.807, 2.05) is 6.92 Å². The number of benzene rings is 1. The van der Waals surface area contributed by atoms with Crippen LogP contribution in [0.5, 0.6) is 0 Å². The number of hydrogen-bond acceptors (Lipinski definition) is 3. The van der Waals surface area contributed by atoms with Crippen LogP contribution in [0.25, 0.3) is 5.69 Å². The second-order valence-corrected chi connectivity index (χ2v) is 3.87. The highest BCUT2D eigenvalue weighted by molar-refractivity contribution is 6.30. The lowest BCUT2D eigenvalue weighted by molar-refractivity contribution is 0.622. The molecule has 6 heteroatoms. The first-order chi connectivity index (χ1) is 8.22. The van der Waals surface area contributed by atoms with Crippen molar-refractivity contribution in [3.8, 4) is 5.69 Å². The number of hydrogen-bond donors (Lipinski definition) is 1. The van der Waals surface area contributed by atoms with Gasteiger partial charge in [0.15, 0.2) is 0 Å². The summed E-state index contributed by atoms with van der Waals surface area (Å²) < 4.78 is 14.9. The first kappa shape index (κ1) is 12.0. The molecule has 0 atom stereocenters. The summed E-state index contributed by atoms with van der Waals surface area (Å²) in [6, 6.07) is 4.55. The van der Waals surface area contributed by atoms with E-state index < -0.39 is 5.82 Å². The number of nitrogens with one attached hydrogen (secondary N) is 1. The fourth-order valence-electron chi connectivity index (χ4n) is 1.46. The Bertz CT molecular complexity index is 512. The Kier molecular flexibility index (Phi) is 3.71. The van der Waals surface area contributed by atoms with Gasteiger partial charge < -0.3 is 5.32 Å². The fourth-order valence-corrected chi connectivity index (χ4v) is 1.57. The molecule has 0 saturated carbocycles. The molecule has 1 N–H and O–H groups in total. The maximum absolute atomic E-state index is 13.3. The minimum absolute atomic E-state index is 0.0992. The predicted octanol–water partition coefficient (Wildman–Crippen LogP) is 2.17. The summed E-state index contributed by atoms with van der Waals surface area (Å²) in [4.78, 5) is 4.12. The Hall–Kier alpha value is -1.46. The van der Waals surface area contributed by atoms with Crippen molar-refractivity contribution in [2.75, 3.05) is 6.54 Å². The summed E-state index contributed by atoms with van der Waals surface area (Å²) in [5.41, 5.74) is 0.609. The van der Waals surface area contributed by atoms with E-state index in [4.69, 9.17) is 11.6 Å². The summed E-state index contributed by atoms with van der Waals surface area (Å²) in [7, 11) is 0. The van der Waals surface area contributed by atoms with E-state index in [1.54, 1.807) is 10.7 Å². The minimum atomic E-state index is -0.464. The Labute approximate surface area is 103 Å². The molecule has 0 aliphatic rings. The molecule has 0 saturated heterocycles. The molecule has 0 aliphatic heterocycles. The van der Waals surface area contributed by atoms with Crippen LogP contribution in [0.2, 0.25) is 5.02 Å². The second-order valence-electron chi connectivity index (χ2n) is 3.47. The average Bonchev–Trinajstić information content (AvgIpc) is 2.78. The van der Waals surface area contributed by atoms with Crippen molar-refractivity contribution < 1.29 is 4.39 Å². The first-order valence-corrected chi connectivity index (χ1v) is 5.65. The zero-order chi connectivity index (χ0) is 12.3. The maximum Gasteiger partial charge on any atom is 0.146 e. The molecule has 1 heterocycles. The molecular weight excluding hydrogens is 243 g/mol. The van der Waals surface area contributed by atoms with Gasteiger partial charge >= 0.3 is 0 Å². The van der Waals surface area contributed by atoms with Crippen LogP contribution in [-0.2, 0) is 6.54 Å². The lowest BCUT2D eigenvalue weighted by atomic mass is 10.3. The summed E-state index contributed by atoms with van der Waals surface area (Å²) in [5.74, 6) is 0.266. The lowest BCUT2D eigenvalue weighted by Crippen LogP contribution is -2.16. The van der Waals surface area contributed by atoms with Gasteiger partial charge in [0.05, 0.1) is 17.3 Å². The van der Waals surface area contributed by atoms with Gasteiger partial charge in [0.25, 0.3) is 0 Å². The number of halogens is 2. The monoisotopic (exact) mass is 254 g/mol. The largest absolute Gasteiger partial charge is 0.310 e. The van der Waals surface area contributed by atoms with Gasteiger partial charge in [-0.2, -0.15) is 5.10 Å². The van der Waals surface area contributed by atoms with Crippen molar-refractivity contribution in [2.45, 2.75) is 13.5 Å². The smallest absolute Gasteiger partial charge is 0.146 e. The van der Waals surface area contributed by atoms with E-state index in [1.165, 1.54) is 18.5 Å². The predicted molar refractivity (Wildman–Crippen MR) is 63.7 cm³/mol. The number of rotatable bonds is 4. The molecular formula is C11H12ClFN4. The fraction of sp³-hybridized carbons (Fsp3) is 0.273. The highest BCUT2D eigenvalue weighted by atomic mass is 35.5. The quantitative estimate of drug-likeness (QED) is 0.909. The third kappa shape index (κ3) is 2.62. The maximum atomic E-state index is 13.3. The van der Waals surface area contributed by atoms with Gasteiger partial charge in [0.1, 0.15) is 18.0 Å². The van der Waals surface area contributed by atoms with Gasteiger partial charge in [-0.15, -0.1) is 0 Å². The van der Waals surface area contributed by atoms with E-state index >= 15 is 0 Å². The summed E-state index contributed by atoms with van der Waals surface area (Å²) in [6.07, 6.45) is 1.44. The topological polar surface area (TPSA) is 42.7 Å². The summed E-state index contributed by atoms with van der Waals surface area (Å²) in [5, 5.41) is 7.31. The zero-order valence-electron chi connectivity index (χ0n) is 9.32. The van der Waals surface area contributed by atoms with Crippen LogP contribution < -0.4 is 5.32 Å². The summed E-state index contributed by atoms with van der Waals surface area (Å²) in [6.45, 7) is 3.42. The van der Waals surface area contributed by atoms with Crippen LogP contribution in [0.15, 0.2) is 24.5 Å². The zero-order valence-corrected chi connectivity index (χ0v) is 10.1. The van der Waals surface area contributed by atoms with E-state index in [2.05, 4.69) is 15.4 Å². The molecule has 0 radical (unpaired) electrons. The molecule has 2 aromatic rings. The van der Waals surface area contributed by atoms with Crippen molar-refractivity contribution in [2.24, 2.45) is 0 Å². The average molecular weight is 255 g/mol. The van der Waals surface area contributed by atoms with Crippen LogP contribution in [-0.4, -0.2) is 21.3 Å². The van der Waals surface area contributed by atoms with Crippen LogP contribution in [0.3, 0.4) is 0 Å². The third-order valence-corrected chi connectivity index (χ3v) is 2.61. The van der Waals surface area contributed by atoms with Crippen molar-refractivity contribution >= 4 is 11.6 Å². The molecule has 17 heavy (non-hydrogen) atoms. The standard InChI is InChI=1S/C11H12ClFN4/c1-2-14-6-11-15-7-16-17(11)8-3-4-9(12)10(13)5-8/h3-5,7,14H,2,6H2,1H3. The van der Waals surface area contributed by atoms with Crippen molar-refractivity contribution in [3.63, 3.8) is 0 Å². The molecule has 0 amide bonds. The van der Waals surface area contributed by atoms with Gasteiger partial charge in [-0.3, -0.25) is 0 Å². The van der Waals surface area contributed by atoms with Crippen LogP contribution in [0.1, 0.15) is 12.7 Å². The van der Waals surface area contributed by atoms with Crippen molar-refractivity contribution in [3.05, 3.63) is 41.2 Å². The number of aromatic nitrogens is 3. The van der Waals surface area contributed by atoms with Crippen LogP contribution in [0.4, 0.5) is 4.39 Å². The summed E-state index contributed by atoms with van der Waals surface area (Å²) >= 11 is 5.63. The van der Waals surface area contributed by atoms with E-state index in [0.29, 0.717) is 12.2 Å². The minimum Gasteiger partial charge on any atom is -0.310 e. The molecule has 1 aromatic heterocycles. The third-order valence-electron chi connectivity index (χ3n) is 2.30. The molecule has 1 aromatic carbocycles. The molecule has 90 valence electrons. The molecule has 0 bridgehead atoms. The Morgan fingerprint density at radius 3 is 3.00 bits per heavy atom. The van der Waals surface area contributed by atoms with Gasteiger partial charge in [0, 0.05) is 6.07 Å². The molecule has 4 nitrogen and oxygen atoms in total. The second kappa shape index (κ2) is 5.25. The molecule has 0 fully saturated rings. The Morgan fingerprint density at radius 1 is 1.47 bits per heavy atom. The highest BCUT2D eigenvalue weighted by Crippen LogP contribution is 2.18. The Morgan fingerprint density at radius 2 is 2.29 bits per heavy atom. The van der Waals surface area contributed by atoms with Crippen molar-refractivity contribution in [1.82, 2.24) is 20.1 Å². The van der Waals surface area contributed by atoms with Crippen LogP contribution in [0, 0.1) is 5.82 Å². The van der Waals surface area contributed by atoms with Gasteiger partial charge in [-0.1, -0.05) is 18.5 Å². The number of nitrogens with zero attached hydrogens (tertiary/aromatic N) is 3. The van der Waals surface area contributed by atoms with Gasteiger partial charge in [-0.05, 0) is 18.7 Å². The Balaban J connectivity index is 2.32. The lowest BCUT2D eigenvalue weighted by Gasteiger charge is -2.06. The highest BCUT2D eigenvalue weighted by Gasteiger charge is 2.08. The van der Waals surface area contributed by atoms with E-state index in [0.717, 1.165) is 12.4 Å². The molecule has 0 unspecified atom stereocenters. The van der Waals surface area contributed by atoms with Gasteiger partial charge in [-0.25, -0.2) is 14.1 Å². The molecule has 0 aliphatic carbocycles. The first-order valence-electron chi connectivity index (χ1n) is 5.27. The SMILES string of the molecule is CCNCc1ncnn1-c1ccc(Cl)c(F)c1.